The van der Waals surface area contributed by atoms with Gasteiger partial charge in [0, 0.05) is 34.5 Å². The minimum Gasteiger partial charge on any atom is -0.393 e. The van der Waals surface area contributed by atoms with E-state index in [0.29, 0.717) is 24.9 Å². The number of Topliss-reactive ketones (excluding diaryl/α,β-unsaturated/α-hetero) is 1. The summed E-state index contributed by atoms with van der Waals surface area (Å²) in [7, 11) is 0. The molecule has 9 atom stereocenters. The number of hydrogen-bond acceptors (Lipinski definition) is 8. The van der Waals surface area contributed by atoms with E-state index in [1.165, 1.54) is 12.2 Å². The molecular formula is C39H39NO8. The largest absolute Gasteiger partial charge is 0.393 e. The number of anilines is 1. The van der Waals surface area contributed by atoms with Crippen LogP contribution in [0.1, 0.15) is 62.5 Å². The standard InChI is InChI=1S/C39H39NO8/c1-37-15-14-27(42)18-25(37)10-11-28-29-19-32-39(31(44)21-41,38(29,2)20-30(43)35(28)37)48-36(47-32)24-8-6-22(7-9-24)16-23-4-3-5-26(17-23)40-33(45)12-13-34(40)46/h3-9,12-15,17-18,28-30,32,35-36,41,43H,10-11,16,19-21H2,1-2H3/t28-,29?,30-,32+,35?,36+,37-,38-,39+/m0/s1. The minimum atomic E-state index is -1.41. The van der Waals surface area contributed by atoms with Gasteiger partial charge in [-0.25, -0.2) is 4.90 Å². The highest BCUT2D eigenvalue weighted by atomic mass is 16.7. The molecule has 4 aliphatic carbocycles. The van der Waals surface area contributed by atoms with Crippen LogP contribution in [0.15, 0.2) is 84.5 Å². The summed E-state index contributed by atoms with van der Waals surface area (Å²) < 4.78 is 13.3. The van der Waals surface area contributed by atoms with Crippen LogP contribution in [-0.4, -0.2) is 58.0 Å². The number of ketones is 2. The van der Waals surface area contributed by atoms with Crippen LogP contribution >= 0.6 is 0 Å². The molecule has 2 aromatic rings. The van der Waals surface area contributed by atoms with E-state index in [9.17, 15) is 29.4 Å². The number of carbonyl (C=O) groups is 4. The topological polar surface area (TPSA) is 130 Å². The van der Waals surface area contributed by atoms with Gasteiger partial charge < -0.3 is 19.7 Å². The fourth-order valence-electron chi connectivity index (χ4n) is 10.3. The summed E-state index contributed by atoms with van der Waals surface area (Å²) >= 11 is 0. The van der Waals surface area contributed by atoms with Crippen LogP contribution in [0.3, 0.4) is 0 Å². The summed E-state index contributed by atoms with van der Waals surface area (Å²) in [6.07, 6.45) is 8.74. The first-order valence-electron chi connectivity index (χ1n) is 16.8. The van der Waals surface area contributed by atoms with Crippen molar-refractivity contribution in [3.05, 3.63) is 101 Å². The normalized spacial score (nSPS) is 38.0. The van der Waals surface area contributed by atoms with Gasteiger partial charge in [-0.2, -0.15) is 0 Å². The van der Waals surface area contributed by atoms with Crippen molar-refractivity contribution in [3.63, 3.8) is 0 Å². The van der Waals surface area contributed by atoms with Gasteiger partial charge in [0.05, 0.1) is 17.9 Å². The molecule has 248 valence electrons. The van der Waals surface area contributed by atoms with Crippen LogP contribution in [0.2, 0.25) is 0 Å². The molecule has 9 heteroatoms. The van der Waals surface area contributed by atoms with Crippen LogP contribution < -0.4 is 4.90 Å². The molecule has 2 amide bonds. The van der Waals surface area contributed by atoms with E-state index < -0.39 is 47.3 Å². The summed E-state index contributed by atoms with van der Waals surface area (Å²) in [5.74, 6) is -1.14. The van der Waals surface area contributed by atoms with Crippen LogP contribution in [0.25, 0.3) is 0 Å². The lowest BCUT2D eigenvalue weighted by atomic mass is 9.46. The molecule has 0 aromatic heterocycles. The van der Waals surface area contributed by atoms with E-state index in [4.69, 9.17) is 9.47 Å². The number of rotatable bonds is 6. The van der Waals surface area contributed by atoms with Gasteiger partial charge in [-0.05, 0) is 79.4 Å². The second-order valence-corrected chi connectivity index (χ2v) is 14.8. The molecule has 9 nitrogen and oxygen atoms in total. The van der Waals surface area contributed by atoms with E-state index >= 15 is 0 Å². The Kier molecular flexibility index (Phi) is 7.16. The lowest BCUT2D eigenvalue weighted by Crippen LogP contribution is -2.63. The van der Waals surface area contributed by atoms with E-state index in [1.54, 1.807) is 18.2 Å². The number of ether oxygens (including phenoxy) is 2. The number of carbonyl (C=O) groups excluding carboxylic acids is 4. The molecule has 2 aliphatic heterocycles. The quantitative estimate of drug-likeness (QED) is 0.443. The molecule has 2 heterocycles. The molecule has 0 radical (unpaired) electrons. The predicted molar refractivity (Wildman–Crippen MR) is 174 cm³/mol. The Labute approximate surface area is 278 Å². The van der Waals surface area contributed by atoms with E-state index in [2.05, 4.69) is 6.92 Å². The Balaban J connectivity index is 1.04. The molecule has 6 aliphatic rings. The van der Waals surface area contributed by atoms with Crippen LogP contribution in [0, 0.1) is 28.6 Å². The molecule has 2 N–H and O–H groups in total. The molecular weight excluding hydrogens is 610 g/mol. The predicted octanol–water partition coefficient (Wildman–Crippen LogP) is 4.31. The molecule has 2 aromatic carbocycles. The van der Waals surface area contributed by atoms with Crippen LogP contribution in [0.5, 0.6) is 0 Å². The van der Waals surface area contributed by atoms with Crippen LogP contribution in [0.4, 0.5) is 5.69 Å². The molecule has 4 fully saturated rings. The van der Waals surface area contributed by atoms with Gasteiger partial charge in [0.1, 0.15) is 6.61 Å². The highest BCUT2D eigenvalue weighted by molar-refractivity contribution is 6.28. The molecule has 3 saturated carbocycles. The monoisotopic (exact) mass is 649 g/mol. The third-order valence-electron chi connectivity index (χ3n) is 12.4. The van der Waals surface area contributed by atoms with Gasteiger partial charge in [0.2, 0.25) is 0 Å². The van der Waals surface area contributed by atoms with Crippen molar-refractivity contribution in [1.82, 2.24) is 0 Å². The van der Waals surface area contributed by atoms with Crippen LogP contribution in [-0.2, 0) is 35.1 Å². The maximum Gasteiger partial charge on any atom is 0.258 e. The number of amides is 2. The third kappa shape index (κ3) is 4.37. The summed E-state index contributed by atoms with van der Waals surface area (Å²) in [6.45, 7) is 3.46. The van der Waals surface area contributed by atoms with Crippen molar-refractivity contribution in [1.29, 1.82) is 0 Å². The summed E-state index contributed by atoms with van der Waals surface area (Å²) in [6, 6.07) is 15.1. The fraction of sp³-hybridized carbons (Fsp3) is 0.436. The first-order chi connectivity index (χ1) is 23.0. The number of aliphatic hydroxyl groups excluding tert-OH is 2. The zero-order valence-electron chi connectivity index (χ0n) is 27.0. The molecule has 0 spiro atoms. The smallest absolute Gasteiger partial charge is 0.258 e. The highest BCUT2D eigenvalue weighted by Crippen LogP contribution is 2.70. The van der Waals surface area contributed by atoms with E-state index in [-0.39, 0.29) is 35.4 Å². The number of nitrogens with zero attached hydrogens (tertiary/aromatic N) is 1. The number of imide groups is 1. The number of hydrogen-bond donors (Lipinski definition) is 2. The Bertz CT molecular complexity index is 1810. The second-order valence-electron chi connectivity index (χ2n) is 14.8. The third-order valence-corrected chi connectivity index (χ3v) is 12.4. The van der Waals surface area contributed by atoms with Gasteiger partial charge in [-0.1, -0.05) is 61.9 Å². The Morgan fingerprint density at radius 3 is 2.48 bits per heavy atom. The Hall–Kier alpha value is -4.02. The van der Waals surface area contributed by atoms with Crippen molar-refractivity contribution < 1.29 is 38.9 Å². The first-order valence-corrected chi connectivity index (χ1v) is 16.8. The van der Waals surface area contributed by atoms with E-state index in [1.807, 2.05) is 55.5 Å². The van der Waals surface area contributed by atoms with Gasteiger partial charge in [-0.15, -0.1) is 0 Å². The SMILES string of the molecule is C[C@]12C=CC(=O)C=C1CC[C@@H]1C2[C@@H](O)C[C@@]2(C)C1C[C@H]1O[C@@H](c3ccc(Cc4cccc(N5C(=O)C=CC5=O)c4)cc3)O[C@]12C(=O)CO. The molecule has 8 rings (SSSR count). The minimum absolute atomic E-state index is 0.0142. The summed E-state index contributed by atoms with van der Waals surface area (Å²) in [5, 5.41) is 22.1. The Morgan fingerprint density at radius 2 is 1.75 bits per heavy atom. The van der Waals surface area contributed by atoms with Gasteiger partial charge >= 0.3 is 0 Å². The Morgan fingerprint density at radius 1 is 1.00 bits per heavy atom. The highest BCUT2D eigenvalue weighted by Gasteiger charge is 2.75. The maximum absolute atomic E-state index is 13.8. The lowest BCUT2D eigenvalue weighted by Gasteiger charge is -2.59. The summed E-state index contributed by atoms with van der Waals surface area (Å²) in [4.78, 5) is 51.5. The molecule has 1 saturated heterocycles. The molecule has 2 unspecified atom stereocenters. The number of allylic oxidation sites excluding steroid dienone is 4. The average Bonchev–Trinajstić information content (AvgIpc) is 3.70. The molecule has 0 bridgehead atoms. The number of benzene rings is 2. The van der Waals surface area contributed by atoms with Gasteiger partial charge in [0.25, 0.3) is 11.8 Å². The van der Waals surface area contributed by atoms with Crippen molar-refractivity contribution in [3.8, 4) is 0 Å². The lowest BCUT2D eigenvalue weighted by molar-refractivity contribution is -0.201. The molecule has 48 heavy (non-hydrogen) atoms. The number of aliphatic hydroxyl groups is 2. The van der Waals surface area contributed by atoms with Crippen molar-refractivity contribution in [2.45, 2.75) is 70.1 Å². The second kappa shape index (κ2) is 11.0. The maximum atomic E-state index is 13.8. The zero-order valence-corrected chi connectivity index (χ0v) is 27.0. The average molecular weight is 650 g/mol. The summed E-state index contributed by atoms with van der Waals surface area (Å²) in [5.41, 5.74) is 1.67. The zero-order chi connectivity index (χ0) is 33.6. The first kappa shape index (κ1) is 31.3. The van der Waals surface area contributed by atoms with Crippen molar-refractivity contribution >= 4 is 29.1 Å². The number of fused-ring (bicyclic) bond motifs is 7. The van der Waals surface area contributed by atoms with Crippen molar-refractivity contribution in [2.75, 3.05) is 11.5 Å². The van der Waals surface area contributed by atoms with Gasteiger partial charge in [0.15, 0.2) is 23.5 Å². The van der Waals surface area contributed by atoms with E-state index in [0.717, 1.165) is 40.0 Å². The van der Waals surface area contributed by atoms with Gasteiger partial charge in [-0.3, -0.25) is 19.2 Å². The van der Waals surface area contributed by atoms with Crippen molar-refractivity contribution in [2.24, 2.45) is 28.6 Å². The fourth-order valence-corrected chi connectivity index (χ4v) is 10.3.